The maximum absolute atomic E-state index is 14.4. The molecule has 1 aromatic carbocycles. The molecule has 1 saturated carbocycles. The van der Waals surface area contributed by atoms with Gasteiger partial charge in [-0.1, -0.05) is 6.07 Å². The molecule has 1 aromatic rings. The van der Waals surface area contributed by atoms with E-state index in [0.717, 1.165) is 44.7 Å². The van der Waals surface area contributed by atoms with Crippen LogP contribution in [0.25, 0.3) is 0 Å². The van der Waals surface area contributed by atoms with Gasteiger partial charge >= 0.3 is 12.4 Å². The first-order valence-corrected chi connectivity index (χ1v) is 11.2. The van der Waals surface area contributed by atoms with E-state index in [2.05, 4.69) is 10.2 Å². The summed E-state index contributed by atoms with van der Waals surface area (Å²) in [5, 5.41) is 3.01. The van der Waals surface area contributed by atoms with Gasteiger partial charge in [-0.25, -0.2) is 4.39 Å². The Hall–Kier alpha value is -1.55. The normalized spacial score (nSPS) is 23.5. The highest BCUT2D eigenvalue weighted by Crippen LogP contribution is 2.35. The molecule has 0 bridgehead atoms. The molecular weight excluding hydrogens is 439 g/mol. The van der Waals surface area contributed by atoms with Gasteiger partial charge in [0.25, 0.3) is 0 Å². The number of anilines is 1. The molecule has 182 valence electrons. The number of nitrogens with one attached hydrogen (secondary N) is 1. The van der Waals surface area contributed by atoms with E-state index < -0.39 is 30.2 Å². The second kappa shape index (κ2) is 10.6. The van der Waals surface area contributed by atoms with Crippen LogP contribution in [0.15, 0.2) is 18.2 Å². The molecular formula is C22H30F7N3. The van der Waals surface area contributed by atoms with Gasteiger partial charge in [-0.15, -0.1) is 0 Å². The van der Waals surface area contributed by atoms with Crippen molar-refractivity contribution in [2.75, 3.05) is 44.2 Å². The van der Waals surface area contributed by atoms with E-state index in [1.54, 1.807) is 4.90 Å². The molecule has 1 heterocycles. The Balaban J connectivity index is 1.37. The maximum atomic E-state index is 14.4. The van der Waals surface area contributed by atoms with Crippen molar-refractivity contribution in [2.24, 2.45) is 5.92 Å². The fraction of sp³-hybridized carbons (Fsp3) is 0.727. The third-order valence-electron chi connectivity index (χ3n) is 6.54. The smallest absolute Gasteiger partial charge is 0.367 e. The Bertz CT molecular complexity index is 719. The summed E-state index contributed by atoms with van der Waals surface area (Å²) in [7, 11) is 0. The Morgan fingerprint density at radius 2 is 1.56 bits per heavy atom. The Morgan fingerprint density at radius 3 is 2.16 bits per heavy atom. The van der Waals surface area contributed by atoms with Crippen LogP contribution in [0.1, 0.15) is 44.1 Å². The van der Waals surface area contributed by atoms with Gasteiger partial charge in [0.1, 0.15) is 0 Å². The largest absolute Gasteiger partial charge is 0.419 e. The van der Waals surface area contributed by atoms with Gasteiger partial charge in [-0.3, -0.25) is 4.90 Å². The Kier molecular flexibility index (Phi) is 8.30. The molecule has 0 amide bonds. The molecule has 0 atom stereocenters. The van der Waals surface area contributed by atoms with Gasteiger partial charge in [-0.2, -0.15) is 26.3 Å². The number of halogens is 7. The molecule has 0 aromatic heterocycles. The van der Waals surface area contributed by atoms with E-state index in [4.69, 9.17) is 0 Å². The summed E-state index contributed by atoms with van der Waals surface area (Å²) in [6, 6.07) is 3.54. The third-order valence-corrected chi connectivity index (χ3v) is 6.54. The summed E-state index contributed by atoms with van der Waals surface area (Å²) in [6.07, 6.45) is -4.92. The van der Waals surface area contributed by atoms with Crippen molar-refractivity contribution in [2.45, 2.75) is 56.9 Å². The number of hydrogen-bond donors (Lipinski definition) is 1. The molecule has 0 unspecified atom stereocenters. The van der Waals surface area contributed by atoms with E-state index in [-0.39, 0.29) is 18.3 Å². The molecule has 3 nitrogen and oxygen atoms in total. The van der Waals surface area contributed by atoms with E-state index in [1.807, 2.05) is 0 Å². The Labute approximate surface area is 183 Å². The lowest BCUT2D eigenvalue weighted by molar-refractivity contribution is -0.140. The molecule has 2 aliphatic rings. The zero-order chi connectivity index (χ0) is 23.4. The van der Waals surface area contributed by atoms with E-state index >= 15 is 0 Å². The molecule has 1 N–H and O–H groups in total. The zero-order valence-electron chi connectivity index (χ0n) is 17.9. The van der Waals surface area contributed by atoms with E-state index in [0.29, 0.717) is 32.1 Å². The minimum absolute atomic E-state index is 0.00387. The molecule has 1 saturated heterocycles. The highest BCUT2D eigenvalue weighted by molar-refractivity contribution is 5.51. The van der Waals surface area contributed by atoms with Gasteiger partial charge in [0, 0.05) is 38.8 Å². The topological polar surface area (TPSA) is 18.5 Å². The molecule has 3 rings (SSSR count). The molecule has 1 aliphatic heterocycles. The summed E-state index contributed by atoms with van der Waals surface area (Å²) in [4.78, 5) is 3.91. The number of benzene rings is 1. The molecule has 0 radical (unpaired) electrons. The van der Waals surface area contributed by atoms with Crippen LogP contribution in [0.2, 0.25) is 0 Å². The van der Waals surface area contributed by atoms with Crippen molar-refractivity contribution in [3.63, 3.8) is 0 Å². The first kappa shape index (κ1) is 25.1. The monoisotopic (exact) mass is 469 g/mol. The highest BCUT2D eigenvalue weighted by atomic mass is 19.4. The Morgan fingerprint density at radius 1 is 0.906 bits per heavy atom. The minimum Gasteiger partial charge on any atom is -0.367 e. The minimum atomic E-state index is -4.71. The average molecular weight is 469 g/mol. The third kappa shape index (κ3) is 7.23. The highest BCUT2D eigenvalue weighted by Gasteiger charge is 2.36. The van der Waals surface area contributed by atoms with Crippen molar-refractivity contribution in [1.82, 2.24) is 10.2 Å². The van der Waals surface area contributed by atoms with Gasteiger partial charge in [0.05, 0.1) is 17.7 Å². The number of nitrogens with zero attached hydrogens (tertiary/aromatic N) is 2. The van der Waals surface area contributed by atoms with Crippen LogP contribution in [-0.2, 0) is 6.18 Å². The van der Waals surface area contributed by atoms with Crippen LogP contribution in [0.3, 0.4) is 0 Å². The maximum Gasteiger partial charge on any atom is 0.419 e. The second-order valence-electron chi connectivity index (χ2n) is 8.79. The van der Waals surface area contributed by atoms with Gasteiger partial charge in [0.15, 0.2) is 5.82 Å². The van der Waals surface area contributed by atoms with Crippen LogP contribution in [0.4, 0.5) is 36.4 Å². The summed E-state index contributed by atoms with van der Waals surface area (Å²) in [5.74, 6) is -0.677. The fourth-order valence-corrected chi connectivity index (χ4v) is 4.63. The van der Waals surface area contributed by atoms with Crippen LogP contribution >= 0.6 is 0 Å². The first-order chi connectivity index (χ1) is 15.0. The molecule has 10 heteroatoms. The van der Waals surface area contributed by atoms with Gasteiger partial charge in [-0.05, 0) is 56.7 Å². The van der Waals surface area contributed by atoms with E-state index in [1.165, 1.54) is 12.1 Å². The van der Waals surface area contributed by atoms with Crippen LogP contribution in [-0.4, -0.2) is 56.4 Å². The standard InChI is InChI=1S/C22H30F7N3/c23-20-18(22(27,28)29)2-1-3-19(20)32-14-12-31(13-15-32)11-8-16-4-6-17(7-5-16)30-10-9-21(24,25)26/h1-3,16-17,30H,4-15H2. The summed E-state index contributed by atoms with van der Waals surface area (Å²) < 4.78 is 90.0. The number of piperazine rings is 1. The lowest BCUT2D eigenvalue weighted by Crippen LogP contribution is -2.47. The SMILES string of the molecule is Fc1c(N2CCN(CCC3CCC(NCCC(F)(F)F)CC3)CC2)cccc1C(F)(F)F. The molecule has 2 fully saturated rings. The average Bonchev–Trinajstić information content (AvgIpc) is 2.72. The number of alkyl halides is 6. The lowest BCUT2D eigenvalue weighted by Gasteiger charge is -2.37. The summed E-state index contributed by atoms with van der Waals surface area (Å²) in [6.45, 7) is 3.08. The van der Waals surface area contributed by atoms with Crippen LogP contribution < -0.4 is 10.2 Å². The zero-order valence-corrected chi connectivity index (χ0v) is 17.9. The molecule has 1 aliphatic carbocycles. The van der Waals surface area contributed by atoms with Crippen molar-refractivity contribution in [3.8, 4) is 0 Å². The van der Waals surface area contributed by atoms with Crippen molar-refractivity contribution >= 4 is 5.69 Å². The predicted octanol–water partition coefficient (Wildman–Crippen LogP) is 5.46. The number of rotatable bonds is 7. The first-order valence-electron chi connectivity index (χ1n) is 11.2. The fourth-order valence-electron chi connectivity index (χ4n) is 4.63. The van der Waals surface area contributed by atoms with Crippen LogP contribution in [0, 0.1) is 11.7 Å². The molecule has 0 spiro atoms. The van der Waals surface area contributed by atoms with Gasteiger partial charge < -0.3 is 10.2 Å². The van der Waals surface area contributed by atoms with Crippen molar-refractivity contribution in [1.29, 1.82) is 0 Å². The van der Waals surface area contributed by atoms with E-state index in [9.17, 15) is 30.7 Å². The molecule has 32 heavy (non-hydrogen) atoms. The summed E-state index contributed by atoms with van der Waals surface area (Å²) in [5.41, 5.74) is -1.24. The predicted molar refractivity (Wildman–Crippen MR) is 109 cm³/mol. The summed E-state index contributed by atoms with van der Waals surface area (Å²) >= 11 is 0. The lowest BCUT2D eigenvalue weighted by atomic mass is 9.84. The van der Waals surface area contributed by atoms with Crippen molar-refractivity contribution < 1.29 is 30.7 Å². The number of hydrogen-bond acceptors (Lipinski definition) is 3. The van der Waals surface area contributed by atoms with Crippen LogP contribution in [0.5, 0.6) is 0 Å². The quantitative estimate of drug-likeness (QED) is 0.536. The van der Waals surface area contributed by atoms with Crippen molar-refractivity contribution in [3.05, 3.63) is 29.6 Å². The van der Waals surface area contributed by atoms with Gasteiger partial charge in [0.2, 0.25) is 0 Å². The second-order valence-corrected chi connectivity index (χ2v) is 8.79.